The van der Waals surface area contributed by atoms with E-state index in [2.05, 4.69) is 0 Å². The minimum atomic E-state index is 0.399. The Labute approximate surface area is 110 Å². The lowest BCUT2D eigenvalue weighted by molar-refractivity contribution is 0.402. The molecule has 0 radical (unpaired) electrons. The Balaban J connectivity index is 2.38. The first-order valence-electron chi connectivity index (χ1n) is 5.51. The zero-order valence-electron chi connectivity index (χ0n) is 10.1. The van der Waals surface area contributed by atoms with Crippen LogP contribution in [0.4, 0.5) is 5.69 Å². The summed E-state index contributed by atoms with van der Waals surface area (Å²) >= 11 is 3.89. The molecule has 1 heterocycles. The number of anilines is 1. The summed E-state index contributed by atoms with van der Waals surface area (Å²) in [5.41, 5.74) is 7.78. The molecular formula is C12H17NO2S2. The number of thioether (sulfide) groups is 2. The molecule has 0 aromatic heterocycles. The van der Waals surface area contributed by atoms with E-state index in [9.17, 15) is 0 Å². The molecule has 2 rings (SSSR count). The number of ether oxygens (including phenoxy) is 2. The Morgan fingerprint density at radius 1 is 1.18 bits per heavy atom. The quantitative estimate of drug-likeness (QED) is 0.856. The average molecular weight is 271 g/mol. The highest BCUT2D eigenvalue weighted by Gasteiger charge is 2.22. The summed E-state index contributed by atoms with van der Waals surface area (Å²) in [4.78, 5) is 0. The molecule has 0 spiro atoms. The van der Waals surface area contributed by atoms with E-state index in [1.807, 2.05) is 29.6 Å². The van der Waals surface area contributed by atoms with Crippen molar-refractivity contribution in [1.29, 1.82) is 0 Å². The van der Waals surface area contributed by atoms with Crippen LogP contribution in [0.25, 0.3) is 0 Å². The molecule has 0 saturated carbocycles. The van der Waals surface area contributed by atoms with E-state index >= 15 is 0 Å². The Morgan fingerprint density at radius 2 is 1.88 bits per heavy atom. The smallest absolute Gasteiger partial charge is 0.147 e. The second-order valence-electron chi connectivity index (χ2n) is 3.77. The maximum atomic E-state index is 5.99. The molecule has 0 atom stereocenters. The minimum absolute atomic E-state index is 0.399. The van der Waals surface area contributed by atoms with Crippen molar-refractivity contribution >= 4 is 29.2 Å². The maximum Gasteiger partial charge on any atom is 0.147 e. The second kappa shape index (κ2) is 5.78. The highest BCUT2D eigenvalue weighted by Crippen LogP contribution is 2.49. The summed E-state index contributed by atoms with van der Waals surface area (Å²) in [7, 11) is 3.33. The van der Waals surface area contributed by atoms with Crippen LogP contribution in [0.2, 0.25) is 0 Å². The normalized spacial score (nSPS) is 16.8. The fourth-order valence-electron chi connectivity index (χ4n) is 1.84. The van der Waals surface area contributed by atoms with Gasteiger partial charge in [0.1, 0.15) is 11.5 Å². The predicted molar refractivity (Wildman–Crippen MR) is 76.2 cm³/mol. The summed E-state index contributed by atoms with van der Waals surface area (Å²) < 4.78 is 11.1. The lowest BCUT2D eigenvalue weighted by Gasteiger charge is -2.24. The van der Waals surface area contributed by atoms with Crippen molar-refractivity contribution in [3.63, 3.8) is 0 Å². The van der Waals surface area contributed by atoms with Gasteiger partial charge in [-0.3, -0.25) is 0 Å². The zero-order valence-corrected chi connectivity index (χ0v) is 11.7. The molecule has 3 nitrogen and oxygen atoms in total. The summed E-state index contributed by atoms with van der Waals surface area (Å²) in [5.74, 6) is 3.97. The van der Waals surface area contributed by atoms with Gasteiger partial charge in [-0.15, -0.1) is 23.5 Å². The van der Waals surface area contributed by atoms with Gasteiger partial charge < -0.3 is 15.2 Å². The van der Waals surface area contributed by atoms with E-state index in [0.717, 1.165) is 17.1 Å². The highest BCUT2D eigenvalue weighted by molar-refractivity contribution is 8.16. The van der Waals surface area contributed by atoms with Gasteiger partial charge in [0.25, 0.3) is 0 Å². The molecule has 1 saturated heterocycles. The van der Waals surface area contributed by atoms with E-state index in [1.165, 1.54) is 17.9 Å². The Bertz CT molecular complexity index is 392. The number of hydrogen-bond donors (Lipinski definition) is 1. The van der Waals surface area contributed by atoms with Gasteiger partial charge in [-0.2, -0.15) is 0 Å². The van der Waals surface area contributed by atoms with Gasteiger partial charge in [0, 0.05) is 11.6 Å². The molecule has 0 amide bonds. The molecule has 2 N–H and O–H groups in total. The lowest BCUT2D eigenvalue weighted by Crippen LogP contribution is -2.05. The molecule has 1 aliphatic heterocycles. The first-order chi connectivity index (χ1) is 8.26. The van der Waals surface area contributed by atoms with Crippen molar-refractivity contribution < 1.29 is 9.47 Å². The van der Waals surface area contributed by atoms with Crippen LogP contribution in [0.1, 0.15) is 16.6 Å². The summed E-state index contributed by atoms with van der Waals surface area (Å²) in [6, 6.07) is 3.84. The van der Waals surface area contributed by atoms with Gasteiger partial charge in [0.2, 0.25) is 0 Å². The van der Waals surface area contributed by atoms with Gasteiger partial charge in [0.15, 0.2) is 0 Å². The van der Waals surface area contributed by atoms with Crippen molar-refractivity contribution in [2.24, 2.45) is 0 Å². The number of benzene rings is 1. The van der Waals surface area contributed by atoms with Crippen molar-refractivity contribution in [2.45, 2.75) is 11.0 Å². The number of methoxy groups -OCH3 is 2. The van der Waals surface area contributed by atoms with E-state index < -0.39 is 0 Å². The van der Waals surface area contributed by atoms with Crippen LogP contribution in [0.3, 0.4) is 0 Å². The zero-order chi connectivity index (χ0) is 12.3. The Hall–Kier alpha value is -0.680. The van der Waals surface area contributed by atoms with Crippen molar-refractivity contribution in [1.82, 2.24) is 0 Å². The fourth-order valence-corrected chi connectivity index (χ4v) is 4.75. The number of rotatable bonds is 3. The standard InChI is InChI=1S/C12H17NO2S2/c1-14-8-6-9(11(15-2)10(13)7-8)12-16-4-3-5-17-12/h6-7,12H,3-5,13H2,1-2H3. The van der Waals surface area contributed by atoms with Crippen LogP contribution in [-0.2, 0) is 0 Å². The van der Waals surface area contributed by atoms with E-state index in [-0.39, 0.29) is 0 Å². The largest absolute Gasteiger partial charge is 0.497 e. The van der Waals surface area contributed by atoms with Crippen molar-refractivity contribution in [3.05, 3.63) is 17.7 Å². The van der Waals surface area contributed by atoms with Crippen LogP contribution < -0.4 is 15.2 Å². The van der Waals surface area contributed by atoms with E-state index in [1.54, 1.807) is 20.3 Å². The SMILES string of the molecule is COc1cc(N)c(OC)c(C2SCCCS2)c1. The van der Waals surface area contributed by atoms with E-state index in [4.69, 9.17) is 15.2 Å². The van der Waals surface area contributed by atoms with Gasteiger partial charge >= 0.3 is 0 Å². The number of nitrogen functional groups attached to an aromatic ring is 1. The number of hydrogen-bond acceptors (Lipinski definition) is 5. The van der Waals surface area contributed by atoms with E-state index in [0.29, 0.717) is 10.3 Å². The Kier molecular flexibility index (Phi) is 4.34. The molecule has 5 heteroatoms. The summed E-state index contributed by atoms with van der Waals surface area (Å²) in [5, 5.41) is 0. The van der Waals surface area contributed by atoms with Gasteiger partial charge in [-0.05, 0) is 24.0 Å². The molecule has 1 aromatic carbocycles. The second-order valence-corrected chi connectivity index (χ2v) is 6.49. The van der Waals surface area contributed by atoms with Crippen LogP contribution in [0, 0.1) is 0 Å². The predicted octanol–water partition coefficient (Wildman–Crippen LogP) is 3.15. The van der Waals surface area contributed by atoms with Crippen LogP contribution in [-0.4, -0.2) is 25.7 Å². The maximum absolute atomic E-state index is 5.99. The monoisotopic (exact) mass is 271 g/mol. The first kappa shape index (κ1) is 12.8. The third kappa shape index (κ3) is 2.77. The van der Waals surface area contributed by atoms with Gasteiger partial charge in [-0.25, -0.2) is 0 Å². The molecule has 94 valence electrons. The lowest BCUT2D eigenvalue weighted by atomic mass is 10.2. The number of nitrogens with two attached hydrogens (primary N) is 1. The molecule has 0 aliphatic carbocycles. The minimum Gasteiger partial charge on any atom is -0.497 e. The topological polar surface area (TPSA) is 44.5 Å². The van der Waals surface area contributed by atoms with Gasteiger partial charge in [-0.1, -0.05) is 0 Å². The average Bonchev–Trinajstić information content (AvgIpc) is 2.38. The first-order valence-corrected chi connectivity index (χ1v) is 7.60. The fraction of sp³-hybridized carbons (Fsp3) is 0.500. The highest BCUT2D eigenvalue weighted by atomic mass is 32.2. The molecule has 0 unspecified atom stereocenters. The molecule has 1 aliphatic rings. The van der Waals surface area contributed by atoms with Crippen molar-refractivity contribution in [2.75, 3.05) is 31.5 Å². The molecule has 17 heavy (non-hydrogen) atoms. The van der Waals surface area contributed by atoms with Crippen molar-refractivity contribution in [3.8, 4) is 11.5 Å². The third-order valence-corrected chi connectivity index (χ3v) is 5.62. The molecule has 1 fully saturated rings. The van der Waals surface area contributed by atoms with Crippen LogP contribution in [0.5, 0.6) is 11.5 Å². The third-order valence-electron chi connectivity index (χ3n) is 2.64. The summed E-state index contributed by atoms with van der Waals surface area (Å²) in [6.45, 7) is 0. The Morgan fingerprint density at radius 3 is 2.47 bits per heavy atom. The van der Waals surface area contributed by atoms with Crippen LogP contribution in [0.15, 0.2) is 12.1 Å². The molecular weight excluding hydrogens is 254 g/mol. The van der Waals surface area contributed by atoms with Crippen LogP contribution >= 0.6 is 23.5 Å². The molecule has 0 bridgehead atoms. The summed E-state index contributed by atoms with van der Waals surface area (Å²) in [6.07, 6.45) is 1.27. The van der Waals surface area contributed by atoms with Gasteiger partial charge in [0.05, 0.1) is 24.5 Å². The molecule has 1 aromatic rings.